The number of nitrogens with zero attached hydrogens (tertiary/aromatic N) is 1. The lowest BCUT2D eigenvalue weighted by molar-refractivity contribution is -0.150. The first-order chi connectivity index (χ1) is 14.8. The number of rotatable bonds is 2. The number of nitrogens with two attached hydrogens (primary N) is 1. The number of benzene rings is 1. The van der Waals surface area contributed by atoms with Gasteiger partial charge in [0, 0.05) is 29.8 Å². The van der Waals surface area contributed by atoms with Crippen molar-refractivity contribution >= 4 is 11.8 Å². The molecule has 176 valence electrons. The average Bonchev–Trinajstić information content (AvgIpc) is 2.70. The second-order valence-electron chi connectivity index (χ2n) is 12.2. The van der Waals surface area contributed by atoms with Gasteiger partial charge < -0.3 is 15.7 Å². The maximum Gasteiger partial charge on any atom is 0.225 e. The second kappa shape index (κ2) is 7.50. The standard InChI is InChI=1S/C27H40N2O3/c1-25(2,3)20-12-11-19-18(22(20)30)15-21-26(4,5)27(19,6)13-14-29(21)24(32)17-9-7-16(8-10-17)23(28)31/h11-12,16-17,21,30H,7-10,13-15H2,1-6H3,(H2,28,31)/t16?,17?,21-,27+/m1/s1. The molecule has 0 aromatic heterocycles. The highest BCUT2D eigenvalue weighted by atomic mass is 16.3. The first-order valence-corrected chi connectivity index (χ1v) is 12.2. The fraction of sp³-hybridized carbons (Fsp3) is 0.704. The van der Waals surface area contributed by atoms with Crippen LogP contribution in [-0.2, 0) is 26.8 Å². The van der Waals surface area contributed by atoms with Crippen molar-refractivity contribution in [1.29, 1.82) is 0 Å². The Labute approximate surface area is 192 Å². The van der Waals surface area contributed by atoms with Crippen molar-refractivity contribution in [2.75, 3.05) is 6.54 Å². The van der Waals surface area contributed by atoms with E-state index in [9.17, 15) is 14.7 Å². The van der Waals surface area contributed by atoms with Gasteiger partial charge in [-0.1, -0.05) is 53.7 Å². The van der Waals surface area contributed by atoms with Crippen molar-refractivity contribution in [1.82, 2.24) is 4.90 Å². The Kier molecular flexibility index (Phi) is 5.42. The highest BCUT2D eigenvalue weighted by molar-refractivity contribution is 5.81. The summed E-state index contributed by atoms with van der Waals surface area (Å²) in [4.78, 5) is 27.4. The Morgan fingerprint density at radius 2 is 1.66 bits per heavy atom. The molecule has 2 fully saturated rings. The summed E-state index contributed by atoms with van der Waals surface area (Å²) in [5.74, 6) is 0.289. The Morgan fingerprint density at radius 1 is 1.06 bits per heavy atom. The molecular formula is C27H40N2O3. The smallest absolute Gasteiger partial charge is 0.225 e. The molecule has 1 aromatic carbocycles. The SMILES string of the molecule is CC(C)(C)c1ccc2c(c1O)C[C@H]1N(C(=O)C3CCC(C(N)=O)CC3)CC[C@]2(C)C1(C)C. The summed E-state index contributed by atoms with van der Waals surface area (Å²) in [5, 5.41) is 11.3. The summed E-state index contributed by atoms with van der Waals surface area (Å²) in [6, 6.07) is 4.39. The molecule has 3 aliphatic rings. The Hall–Kier alpha value is -2.04. The van der Waals surface area contributed by atoms with E-state index >= 15 is 0 Å². The van der Waals surface area contributed by atoms with Gasteiger partial charge in [-0.2, -0.15) is 0 Å². The molecule has 5 nitrogen and oxygen atoms in total. The van der Waals surface area contributed by atoms with Crippen LogP contribution >= 0.6 is 0 Å². The summed E-state index contributed by atoms with van der Waals surface area (Å²) in [5.41, 5.74) is 8.40. The van der Waals surface area contributed by atoms with E-state index in [0.717, 1.165) is 36.9 Å². The predicted octanol–water partition coefficient (Wildman–Crippen LogP) is 4.42. The quantitative estimate of drug-likeness (QED) is 0.714. The van der Waals surface area contributed by atoms with Gasteiger partial charge in [0.15, 0.2) is 0 Å². The molecule has 1 saturated carbocycles. The summed E-state index contributed by atoms with van der Waals surface area (Å²) in [6.07, 6.45) is 4.48. The molecule has 0 spiro atoms. The van der Waals surface area contributed by atoms with Crippen LogP contribution in [0, 0.1) is 17.3 Å². The first-order valence-electron chi connectivity index (χ1n) is 12.2. The van der Waals surface area contributed by atoms with E-state index in [0.29, 0.717) is 25.0 Å². The molecule has 4 rings (SSSR count). The van der Waals surface area contributed by atoms with Crippen LogP contribution in [0.1, 0.15) is 90.3 Å². The summed E-state index contributed by atoms with van der Waals surface area (Å²) >= 11 is 0. The van der Waals surface area contributed by atoms with Gasteiger partial charge in [0.1, 0.15) is 5.75 Å². The molecule has 2 atom stereocenters. The van der Waals surface area contributed by atoms with Crippen molar-refractivity contribution < 1.29 is 14.7 Å². The molecule has 1 aromatic rings. The monoisotopic (exact) mass is 440 g/mol. The van der Waals surface area contributed by atoms with Crippen LogP contribution in [0.3, 0.4) is 0 Å². The molecule has 1 aliphatic heterocycles. The summed E-state index contributed by atoms with van der Waals surface area (Å²) in [6.45, 7) is 14.0. The molecule has 0 radical (unpaired) electrons. The number of fused-ring (bicyclic) bond motifs is 4. The molecular weight excluding hydrogens is 400 g/mol. The number of phenolic OH excluding ortho intramolecular Hbond substituents is 1. The minimum absolute atomic E-state index is 0.0262. The fourth-order valence-corrected chi connectivity index (χ4v) is 6.71. The molecule has 5 heteroatoms. The zero-order valence-electron chi connectivity index (χ0n) is 20.6. The van der Waals surface area contributed by atoms with Gasteiger partial charge in [-0.25, -0.2) is 0 Å². The predicted molar refractivity (Wildman–Crippen MR) is 126 cm³/mol. The van der Waals surface area contributed by atoms with E-state index in [1.807, 2.05) is 0 Å². The van der Waals surface area contributed by atoms with Gasteiger partial charge in [0.2, 0.25) is 11.8 Å². The molecule has 2 aliphatic carbocycles. The van der Waals surface area contributed by atoms with Crippen molar-refractivity contribution in [3.8, 4) is 5.75 Å². The zero-order valence-corrected chi connectivity index (χ0v) is 20.6. The van der Waals surface area contributed by atoms with Crippen LogP contribution in [0.5, 0.6) is 5.75 Å². The third kappa shape index (κ3) is 3.34. The van der Waals surface area contributed by atoms with E-state index in [-0.39, 0.29) is 45.9 Å². The van der Waals surface area contributed by atoms with E-state index in [4.69, 9.17) is 5.73 Å². The van der Waals surface area contributed by atoms with Gasteiger partial charge in [0.05, 0.1) is 0 Å². The van der Waals surface area contributed by atoms with Crippen LogP contribution in [0.4, 0.5) is 0 Å². The number of phenols is 1. The average molecular weight is 441 g/mol. The van der Waals surface area contributed by atoms with Gasteiger partial charge in [-0.3, -0.25) is 9.59 Å². The molecule has 32 heavy (non-hydrogen) atoms. The summed E-state index contributed by atoms with van der Waals surface area (Å²) in [7, 11) is 0. The topological polar surface area (TPSA) is 83.6 Å². The zero-order chi connectivity index (χ0) is 23.6. The molecule has 1 heterocycles. The lowest BCUT2D eigenvalue weighted by atomic mass is 9.50. The van der Waals surface area contributed by atoms with Crippen LogP contribution in [0.25, 0.3) is 0 Å². The third-order valence-corrected chi connectivity index (χ3v) is 9.33. The van der Waals surface area contributed by atoms with Gasteiger partial charge in [-0.15, -0.1) is 0 Å². The molecule has 2 bridgehead atoms. The van der Waals surface area contributed by atoms with Crippen LogP contribution in [-0.4, -0.2) is 34.4 Å². The number of amides is 2. The van der Waals surface area contributed by atoms with Crippen LogP contribution in [0.15, 0.2) is 12.1 Å². The number of carbonyl (C=O) groups excluding carboxylic acids is 2. The minimum Gasteiger partial charge on any atom is -0.507 e. The van der Waals surface area contributed by atoms with Crippen molar-refractivity contribution in [2.45, 2.75) is 96.9 Å². The minimum atomic E-state index is -0.236. The largest absolute Gasteiger partial charge is 0.507 e. The molecule has 2 amide bonds. The number of likely N-dealkylation sites (tertiary alicyclic amines) is 1. The van der Waals surface area contributed by atoms with E-state index in [1.165, 1.54) is 5.56 Å². The van der Waals surface area contributed by atoms with Crippen molar-refractivity contribution in [3.05, 3.63) is 28.8 Å². The Morgan fingerprint density at radius 3 is 2.22 bits per heavy atom. The number of hydrogen-bond donors (Lipinski definition) is 2. The maximum absolute atomic E-state index is 13.7. The molecule has 0 unspecified atom stereocenters. The number of primary amides is 1. The maximum atomic E-state index is 13.7. The lowest BCUT2D eigenvalue weighted by Gasteiger charge is -2.61. The van der Waals surface area contributed by atoms with Crippen molar-refractivity contribution in [2.24, 2.45) is 23.0 Å². The normalized spacial score (nSPS) is 31.7. The fourth-order valence-electron chi connectivity index (χ4n) is 6.71. The summed E-state index contributed by atoms with van der Waals surface area (Å²) < 4.78 is 0. The van der Waals surface area contributed by atoms with E-state index in [1.54, 1.807) is 0 Å². The van der Waals surface area contributed by atoms with Gasteiger partial charge in [-0.05, 0) is 66.0 Å². The molecule has 3 N–H and O–H groups in total. The first kappa shape index (κ1) is 23.1. The van der Waals surface area contributed by atoms with Crippen molar-refractivity contribution in [3.63, 3.8) is 0 Å². The highest BCUT2D eigenvalue weighted by Gasteiger charge is 2.58. The number of carbonyl (C=O) groups is 2. The van der Waals surface area contributed by atoms with Crippen LogP contribution in [0.2, 0.25) is 0 Å². The molecule has 1 saturated heterocycles. The van der Waals surface area contributed by atoms with Gasteiger partial charge >= 0.3 is 0 Å². The van der Waals surface area contributed by atoms with E-state index < -0.39 is 0 Å². The Balaban J connectivity index is 1.67. The van der Waals surface area contributed by atoms with E-state index in [2.05, 4.69) is 58.6 Å². The highest BCUT2D eigenvalue weighted by Crippen LogP contribution is 2.58. The number of aromatic hydroxyl groups is 1. The van der Waals surface area contributed by atoms with Crippen LogP contribution < -0.4 is 5.73 Å². The Bertz CT molecular complexity index is 937. The lowest BCUT2D eigenvalue weighted by Crippen LogP contribution is -2.65. The number of piperidine rings is 1. The third-order valence-electron chi connectivity index (χ3n) is 9.33. The number of hydrogen-bond acceptors (Lipinski definition) is 3. The van der Waals surface area contributed by atoms with Gasteiger partial charge in [0.25, 0.3) is 0 Å². The second-order valence-corrected chi connectivity index (χ2v) is 12.2.